The number of aromatic nitrogens is 1. The molecule has 0 atom stereocenters. The van der Waals surface area contributed by atoms with E-state index in [-0.39, 0.29) is 5.82 Å². The second kappa shape index (κ2) is 4.53. The van der Waals surface area contributed by atoms with Crippen LogP contribution in [0, 0.1) is 5.82 Å². The normalized spacial score (nSPS) is 10.3. The van der Waals surface area contributed by atoms with Crippen molar-refractivity contribution >= 4 is 15.9 Å². The number of halogens is 2. The van der Waals surface area contributed by atoms with Crippen LogP contribution < -0.4 is 0 Å². The fourth-order valence-corrected chi connectivity index (χ4v) is 1.67. The zero-order chi connectivity index (χ0) is 10.7. The molecule has 0 radical (unpaired) electrons. The van der Waals surface area contributed by atoms with Crippen molar-refractivity contribution in [1.82, 2.24) is 4.98 Å². The molecule has 0 unspecified atom stereocenters. The smallest absolute Gasteiger partial charge is 0.123 e. The predicted octanol–water partition coefficient (Wildman–Crippen LogP) is 3.78. The van der Waals surface area contributed by atoms with Crippen molar-refractivity contribution < 1.29 is 4.39 Å². The lowest BCUT2D eigenvalue weighted by Gasteiger charge is -2.02. The van der Waals surface area contributed by atoms with Crippen LogP contribution in [-0.2, 0) is 5.33 Å². The first-order valence-electron chi connectivity index (χ1n) is 4.57. The molecule has 1 heterocycles. The van der Waals surface area contributed by atoms with Gasteiger partial charge in [0.15, 0.2) is 0 Å². The Morgan fingerprint density at radius 2 is 1.93 bits per heavy atom. The van der Waals surface area contributed by atoms with Gasteiger partial charge in [0.05, 0.1) is 11.4 Å². The summed E-state index contributed by atoms with van der Waals surface area (Å²) in [6.07, 6.45) is 0. The van der Waals surface area contributed by atoms with Crippen molar-refractivity contribution in [1.29, 1.82) is 0 Å². The topological polar surface area (TPSA) is 12.9 Å². The Labute approximate surface area is 96.1 Å². The van der Waals surface area contributed by atoms with Gasteiger partial charge in [0.1, 0.15) is 5.82 Å². The molecule has 0 aliphatic rings. The van der Waals surface area contributed by atoms with Gasteiger partial charge in [-0.05, 0) is 24.3 Å². The van der Waals surface area contributed by atoms with E-state index in [9.17, 15) is 4.39 Å². The molecule has 1 nitrogen and oxygen atoms in total. The number of pyridine rings is 1. The van der Waals surface area contributed by atoms with Gasteiger partial charge in [0, 0.05) is 10.9 Å². The van der Waals surface area contributed by atoms with E-state index in [2.05, 4.69) is 20.9 Å². The van der Waals surface area contributed by atoms with Crippen LogP contribution >= 0.6 is 15.9 Å². The van der Waals surface area contributed by atoms with Gasteiger partial charge in [-0.15, -0.1) is 0 Å². The Bertz CT molecular complexity index is 471. The van der Waals surface area contributed by atoms with Gasteiger partial charge in [-0.3, -0.25) is 4.98 Å². The molecular formula is C12H9BrFN. The van der Waals surface area contributed by atoms with Gasteiger partial charge in [0.2, 0.25) is 0 Å². The number of nitrogens with zero attached hydrogens (tertiary/aromatic N) is 1. The van der Waals surface area contributed by atoms with Crippen molar-refractivity contribution in [2.24, 2.45) is 0 Å². The molecule has 0 fully saturated rings. The average molecular weight is 266 g/mol. The van der Waals surface area contributed by atoms with E-state index in [4.69, 9.17) is 0 Å². The average Bonchev–Trinajstić information content (AvgIpc) is 2.29. The Kier molecular flexibility index (Phi) is 3.11. The highest BCUT2D eigenvalue weighted by Crippen LogP contribution is 2.18. The number of hydrogen-bond donors (Lipinski definition) is 0. The molecule has 1 aromatic heterocycles. The first kappa shape index (κ1) is 10.3. The Balaban J connectivity index is 2.44. The maximum Gasteiger partial charge on any atom is 0.123 e. The quantitative estimate of drug-likeness (QED) is 0.754. The summed E-state index contributed by atoms with van der Waals surface area (Å²) in [7, 11) is 0. The summed E-state index contributed by atoms with van der Waals surface area (Å²) in [6, 6.07) is 12.2. The molecule has 76 valence electrons. The summed E-state index contributed by atoms with van der Waals surface area (Å²) in [5.74, 6) is -0.237. The van der Waals surface area contributed by atoms with Crippen molar-refractivity contribution in [2.75, 3.05) is 0 Å². The fraction of sp³-hybridized carbons (Fsp3) is 0.0833. The second-order valence-corrected chi connectivity index (χ2v) is 3.72. The third-order valence-electron chi connectivity index (χ3n) is 2.06. The van der Waals surface area contributed by atoms with Crippen molar-refractivity contribution in [2.45, 2.75) is 5.33 Å². The molecule has 0 aliphatic heterocycles. The SMILES string of the molecule is Fc1cccc(-c2cccc(CBr)n2)c1. The van der Waals surface area contributed by atoms with Gasteiger partial charge in [-0.2, -0.15) is 0 Å². The van der Waals surface area contributed by atoms with Crippen LogP contribution in [0.4, 0.5) is 4.39 Å². The minimum atomic E-state index is -0.237. The Morgan fingerprint density at radius 1 is 1.13 bits per heavy atom. The first-order chi connectivity index (χ1) is 7.29. The standard InChI is InChI=1S/C12H9BrFN/c13-8-11-5-2-6-12(15-11)9-3-1-4-10(14)7-9/h1-7H,8H2. The van der Waals surface area contributed by atoms with Crippen molar-refractivity contribution in [3.8, 4) is 11.3 Å². The van der Waals surface area contributed by atoms with E-state index in [1.165, 1.54) is 12.1 Å². The lowest BCUT2D eigenvalue weighted by Crippen LogP contribution is -1.88. The van der Waals surface area contributed by atoms with E-state index >= 15 is 0 Å². The molecule has 1 aromatic carbocycles. The van der Waals surface area contributed by atoms with E-state index in [1.54, 1.807) is 6.07 Å². The fourth-order valence-electron chi connectivity index (χ4n) is 1.36. The van der Waals surface area contributed by atoms with Crippen LogP contribution in [0.5, 0.6) is 0 Å². The Morgan fingerprint density at radius 3 is 2.67 bits per heavy atom. The summed E-state index contributed by atoms with van der Waals surface area (Å²) >= 11 is 3.34. The van der Waals surface area contributed by atoms with Crippen LogP contribution in [0.3, 0.4) is 0 Å². The highest BCUT2D eigenvalue weighted by Gasteiger charge is 2.01. The maximum absolute atomic E-state index is 13.0. The third kappa shape index (κ3) is 2.42. The number of hydrogen-bond acceptors (Lipinski definition) is 1. The van der Waals surface area contributed by atoms with Gasteiger partial charge >= 0.3 is 0 Å². The molecule has 2 aromatic rings. The summed E-state index contributed by atoms with van der Waals surface area (Å²) in [6.45, 7) is 0. The molecule has 0 bridgehead atoms. The minimum Gasteiger partial charge on any atom is -0.252 e. The molecule has 0 spiro atoms. The molecule has 2 rings (SSSR count). The third-order valence-corrected chi connectivity index (χ3v) is 2.64. The molecule has 0 saturated heterocycles. The van der Waals surface area contributed by atoms with Gasteiger partial charge in [0.25, 0.3) is 0 Å². The molecule has 0 N–H and O–H groups in total. The largest absolute Gasteiger partial charge is 0.252 e. The lowest BCUT2D eigenvalue weighted by atomic mass is 10.1. The number of rotatable bonds is 2. The maximum atomic E-state index is 13.0. The summed E-state index contributed by atoms with van der Waals surface area (Å²) in [5, 5.41) is 0.705. The van der Waals surface area contributed by atoms with Crippen molar-refractivity contribution in [3.05, 3.63) is 54.0 Å². The van der Waals surface area contributed by atoms with Crippen LogP contribution in [0.2, 0.25) is 0 Å². The molecule has 15 heavy (non-hydrogen) atoms. The van der Waals surface area contributed by atoms with E-state index in [0.717, 1.165) is 17.0 Å². The molecule has 0 aliphatic carbocycles. The molecule has 0 saturated carbocycles. The zero-order valence-electron chi connectivity index (χ0n) is 7.95. The van der Waals surface area contributed by atoms with Crippen LogP contribution in [-0.4, -0.2) is 4.98 Å². The van der Waals surface area contributed by atoms with E-state index in [0.29, 0.717) is 5.33 Å². The van der Waals surface area contributed by atoms with Crippen LogP contribution in [0.25, 0.3) is 11.3 Å². The highest BCUT2D eigenvalue weighted by atomic mass is 79.9. The monoisotopic (exact) mass is 265 g/mol. The first-order valence-corrected chi connectivity index (χ1v) is 5.69. The summed E-state index contributed by atoms with van der Waals surface area (Å²) in [4.78, 5) is 4.39. The van der Waals surface area contributed by atoms with Gasteiger partial charge in [-0.25, -0.2) is 4.39 Å². The number of benzene rings is 1. The van der Waals surface area contributed by atoms with Gasteiger partial charge in [-0.1, -0.05) is 34.1 Å². The molecular weight excluding hydrogens is 257 g/mol. The molecule has 0 amide bonds. The van der Waals surface area contributed by atoms with Crippen LogP contribution in [0.15, 0.2) is 42.5 Å². The van der Waals surface area contributed by atoms with Crippen LogP contribution in [0.1, 0.15) is 5.69 Å². The lowest BCUT2D eigenvalue weighted by molar-refractivity contribution is 0.628. The molecule has 3 heteroatoms. The Hall–Kier alpha value is -1.22. The van der Waals surface area contributed by atoms with Crippen molar-refractivity contribution in [3.63, 3.8) is 0 Å². The van der Waals surface area contributed by atoms with E-state index < -0.39 is 0 Å². The summed E-state index contributed by atoms with van der Waals surface area (Å²) < 4.78 is 13.0. The predicted molar refractivity (Wildman–Crippen MR) is 62.3 cm³/mol. The number of alkyl halides is 1. The summed E-state index contributed by atoms with van der Waals surface area (Å²) in [5.41, 5.74) is 2.54. The van der Waals surface area contributed by atoms with Gasteiger partial charge < -0.3 is 0 Å². The van der Waals surface area contributed by atoms with E-state index in [1.807, 2.05) is 24.3 Å². The minimum absolute atomic E-state index is 0.237. The highest BCUT2D eigenvalue weighted by molar-refractivity contribution is 9.08. The second-order valence-electron chi connectivity index (χ2n) is 3.16. The zero-order valence-corrected chi connectivity index (χ0v) is 9.54.